The second-order valence-corrected chi connectivity index (χ2v) is 3.87. The van der Waals surface area contributed by atoms with E-state index >= 15 is 0 Å². The summed E-state index contributed by atoms with van der Waals surface area (Å²) >= 11 is 0. The van der Waals surface area contributed by atoms with Crippen molar-refractivity contribution in [3.05, 3.63) is 48.3 Å². The molecule has 0 fully saturated rings. The Morgan fingerprint density at radius 1 is 1.00 bits per heavy atom. The molecule has 0 radical (unpaired) electrons. The topological polar surface area (TPSA) is 51.6 Å². The predicted octanol–water partition coefficient (Wildman–Crippen LogP) is 2.94. The summed E-state index contributed by atoms with van der Waals surface area (Å²) in [5.41, 5.74) is 0.622. The van der Waals surface area contributed by atoms with E-state index in [0.29, 0.717) is 17.2 Å². The van der Waals surface area contributed by atoms with Crippen molar-refractivity contribution in [2.75, 3.05) is 7.11 Å². The third kappa shape index (κ3) is 2.99. The molecule has 0 aliphatic carbocycles. The molecule has 0 bridgehead atoms. The van der Waals surface area contributed by atoms with E-state index < -0.39 is 6.10 Å². The number of pyridine rings is 1. The molecular formula is C14H15NO3. The summed E-state index contributed by atoms with van der Waals surface area (Å²) in [7, 11) is 1.62. The van der Waals surface area contributed by atoms with Gasteiger partial charge in [0.2, 0.25) is 0 Å². The van der Waals surface area contributed by atoms with Crippen LogP contribution in [-0.4, -0.2) is 17.2 Å². The average molecular weight is 245 g/mol. The molecule has 1 unspecified atom stereocenters. The van der Waals surface area contributed by atoms with Crippen LogP contribution in [0.15, 0.2) is 42.6 Å². The van der Waals surface area contributed by atoms with Gasteiger partial charge in [-0.1, -0.05) is 0 Å². The Morgan fingerprint density at radius 3 is 2.11 bits per heavy atom. The highest BCUT2D eigenvalue weighted by Gasteiger charge is 2.03. The smallest absolute Gasteiger partial charge is 0.145 e. The quantitative estimate of drug-likeness (QED) is 0.899. The van der Waals surface area contributed by atoms with Crippen molar-refractivity contribution in [3.63, 3.8) is 0 Å². The lowest BCUT2D eigenvalue weighted by Crippen LogP contribution is -1.95. The van der Waals surface area contributed by atoms with Crippen molar-refractivity contribution in [1.82, 2.24) is 4.98 Å². The maximum Gasteiger partial charge on any atom is 0.145 e. The number of ether oxygens (including phenoxy) is 2. The molecule has 0 aliphatic heterocycles. The zero-order chi connectivity index (χ0) is 13.0. The third-order valence-electron chi connectivity index (χ3n) is 2.48. The molecule has 94 valence electrons. The van der Waals surface area contributed by atoms with Gasteiger partial charge < -0.3 is 14.6 Å². The summed E-state index contributed by atoms with van der Waals surface area (Å²) < 4.78 is 10.7. The zero-order valence-electron chi connectivity index (χ0n) is 10.3. The van der Waals surface area contributed by atoms with Crippen LogP contribution in [-0.2, 0) is 0 Å². The number of aliphatic hydroxyl groups excluding tert-OH is 1. The number of nitrogens with zero attached hydrogens (tertiary/aromatic N) is 1. The highest BCUT2D eigenvalue weighted by Crippen LogP contribution is 2.23. The third-order valence-corrected chi connectivity index (χ3v) is 2.48. The maximum absolute atomic E-state index is 9.34. The van der Waals surface area contributed by atoms with Crippen molar-refractivity contribution in [2.24, 2.45) is 0 Å². The first-order valence-electron chi connectivity index (χ1n) is 5.65. The molecule has 4 nitrogen and oxygen atoms in total. The summed E-state index contributed by atoms with van der Waals surface area (Å²) in [6.07, 6.45) is 1.02. The van der Waals surface area contributed by atoms with Gasteiger partial charge in [0, 0.05) is 0 Å². The first kappa shape index (κ1) is 12.4. The van der Waals surface area contributed by atoms with Crippen LogP contribution in [0.1, 0.15) is 18.7 Å². The fourth-order valence-electron chi connectivity index (χ4n) is 1.48. The minimum atomic E-state index is -0.569. The van der Waals surface area contributed by atoms with Crippen molar-refractivity contribution in [3.8, 4) is 17.2 Å². The van der Waals surface area contributed by atoms with Crippen LogP contribution in [0.2, 0.25) is 0 Å². The van der Waals surface area contributed by atoms with Gasteiger partial charge in [-0.3, -0.25) is 4.98 Å². The second kappa shape index (κ2) is 5.51. The normalized spacial score (nSPS) is 11.9. The Labute approximate surface area is 106 Å². The molecule has 0 aliphatic rings. The summed E-state index contributed by atoms with van der Waals surface area (Å²) in [4.78, 5) is 4.11. The lowest BCUT2D eigenvalue weighted by atomic mass is 10.2. The van der Waals surface area contributed by atoms with Gasteiger partial charge in [0.1, 0.15) is 17.2 Å². The highest BCUT2D eigenvalue weighted by molar-refractivity contribution is 5.34. The SMILES string of the molecule is COc1ccc(Oc2ccc(C(C)O)nc2)cc1. The molecule has 0 spiro atoms. The Bertz CT molecular complexity index is 491. The molecule has 1 aromatic heterocycles. The van der Waals surface area contributed by atoms with Gasteiger partial charge in [-0.2, -0.15) is 0 Å². The zero-order valence-corrected chi connectivity index (χ0v) is 10.3. The molecule has 4 heteroatoms. The van der Waals surface area contributed by atoms with Crippen LogP contribution in [0.5, 0.6) is 17.2 Å². The van der Waals surface area contributed by atoms with E-state index in [2.05, 4.69) is 4.98 Å². The van der Waals surface area contributed by atoms with Crippen LogP contribution in [0.3, 0.4) is 0 Å². The molecule has 1 aromatic carbocycles. The van der Waals surface area contributed by atoms with Crippen molar-refractivity contribution in [2.45, 2.75) is 13.0 Å². The van der Waals surface area contributed by atoms with Gasteiger partial charge in [-0.15, -0.1) is 0 Å². The summed E-state index contributed by atoms with van der Waals surface area (Å²) in [6, 6.07) is 10.8. The Kier molecular flexibility index (Phi) is 3.79. The van der Waals surface area contributed by atoms with Gasteiger partial charge in [0.05, 0.1) is 25.1 Å². The van der Waals surface area contributed by atoms with Crippen LogP contribution in [0, 0.1) is 0 Å². The van der Waals surface area contributed by atoms with E-state index in [-0.39, 0.29) is 0 Å². The van der Waals surface area contributed by atoms with Gasteiger partial charge in [0.25, 0.3) is 0 Å². The first-order valence-corrected chi connectivity index (χ1v) is 5.65. The fourth-order valence-corrected chi connectivity index (χ4v) is 1.48. The summed E-state index contributed by atoms with van der Waals surface area (Å²) in [5.74, 6) is 2.12. The van der Waals surface area contributed by atoms with E-state index in [1.165, 1.54) is 0 Å². The Hall–Kier alpha value is -2.07. The molecule has 1 heterocycles. The molecule has 18 heavy (non-hydrogen) atoms. The molecule has 0 saturated heterocycles. The lowest BCUT2D eigenvalue weighted by molar-refractivity contribution is 0.194. The van der Waals surface area contributed by atoms with E-state index in [4.69, 9.17) is 9.47 Å². The number of methoxy groups -OCH3 is 1. The fraction of sp³-hybridized carbons (Fsp3) is 0.214. The Balaban J connectivity index is 2.08. The predicted molar refractivity (Wildman–Crippen MR) is 67.9 cm³/mol. The molecular weight excluding hydrogens is 230 g/mol. The van der Waals surface area contributed by atoms with E-state index in [1.54, 1.807) is 32.4 Å². The average Bonchev–Trinajstić information content (AvgIpc) is 2.40. The largest absolute Gasteiger partial charge is 0.497 e. The molecule has 1 N–H and O–H groups in total. The molecule has 0 amide bonds. The van der Waals surface area contributed by atoms with Crippen molar-refractivity contribution in [1.29, 1.82) is 0 Å². The number of aromatic nitrogens is 1. The van der Waals surface area contributed by atoms with Crippen LogP contribution in [0.25, 0.3) is 0 Å². The van der Waals surface area contributed by atoms with E-state index in [0.717, 1.165) is 5.75 Å². The number of aliphatic hydroxyl groups is 1. The number of hydrogen-bond donors (Lipinski definition) is 1. The van der Waals surface area contributed by atoms with Crippen molar-refractivity contribution < 1.29 is 14.6 Å². The minimum absolute atomic E-state index is 0.569. The first-order chi connectivity index (χ1) is 8.69. The standard InChI is InChI=1S/C14H15NO3/c1-10(16)14-8-7-13(9-15-14)18-12-5-3-11(17-2)4-6-12/h3-10,16H,1-2H3. The maximum atomic E-state index is 9.34. The van der Waals surface area contributed by atoms with Gasteiger partial charge in [-0.05, 0) is 43.3 Å². The van der Waals surface area contributed by atoms with Crippen molar-refractivity contribution >= 4 is 0 Å². The molecule has 0 saturated carbocycles. The number of rotatable bonds is 4. The summed E-state index contributed by atoms with van der Waals surface area (Å²) in [6.45, 7) is 1.67. The summed E-state index contributed by atoms with van der Waals surface area (Å²) in [5, 5.41) is 9.34. The Morgan fingerprint density at radius 2 is 1.61 bits per heavy atom. The van der Waals surface area contributed by atoms with Crippen LogP contribution in [0.4, 0.5) is 0 Å². The molecule has 1 atom stereocenters. The van der Waals surface area contributed by atoms with E-state index in [9.17, 15) is 5.11 Å². The monoisotopic (exact) mass is 245 g/mol. The van der Waals surface area contributed by atoms with E-state index in [1.807, 2.05) is 24.3 Å². The van der Waals surface area contributed by atoms with Crippen LogP contribution >= 0.6 is 0 Å². The van der Waals surface area contributed by atoms with Gasteiger partial charge in [0.15, 0.2) is 0 Å². The van der Waals surface area contributed by atoms with Gasteiger partial charge >= 0.3 is 0 Å². The second-order valence-electron chi connectivity index (χ2n) is 3.87. The molecule has 2 aromatic rings. The lowest BCUT2D eigenvalue weighted by Gasteiger charge is -2.08. The van der Waals surface area contributed by atoms with Crippen LogP contribution < -0.4 is 9.47 Å². The van der Waals surface area contributed by atoms with Gasteiger partial charge in [-0.25, -0.2) is 0 Å². The molecule has 2 rings (SSSR count). The highest BCUT2D eigenvalue weighted by atomic mass is 16.5. The minimum Gasteiger partial charge on any atom is -0.497 e. The number of benzene rings is 1. The number of hydrogen-bond acceptors (Lipinski definition) is 4.